The minimum Gasteiger partial charge on any atom is -0.486 e. The van der Waals surface area contributed by atoms with E-state index in [0.717, 1.165) is 34.8 Å². The Labute approximate surface area is 162 Å². The standard InChI is InChI=1S/C21H21N3O2S/c1-2-6-15(7-3-1)12-24-20(16-10-11-16)22-23-21(24)27-14-17-13-25-18-8-4-5-9-19(18)26-17/h1-9,16-17H,10-14H2/t17-/m1/s1. The molecule has 1 atom stereocenters. The van der Waals surface area contributed by atoms with Crippen LogP contribution in [0.3, 0.4) is 0 Å². The van der Waals surface area contributed by atoms with E-state index in [2.05, 4.69) is 39.0 Å². The number of fused-ring (bicyclic) bond motifs is 1. The molecule has 0 amide bonds. The summed E-state index contributed by atoms with van der Waals surface area (Å²) in [7, 11) is 0. The molecule has 6 heteroatoms. The highest BCUT2D eigenvalue weighted by Gasteiger charge is 2.31. The van der Waals surface area contributed by atoms with Crippen molar-refractivity contribution in [3.05, 3.63) is 66.0 Å². The fourth-order valence-corrected chi connectivity index (χ4v) is 4.19. The summed E-state index contributed by atoms with van der Waals surface area (Å²) in [5.41, 5.74) is 1.27. The molecule has 0 saturated heterocycles. The summed E-state index contributed by atoms with van der Waals surface area (Å²) >= 11 is 1.70. The maximum atomic E-state index is 6.08. The van der Waals surface area contributed by atoms with Crippen LogP contribution in [0.15, 0.2) is 59.8 Å². The molecule has 5 rings (SSSR count). The maximum absolute atomic E-state index is 6.08. The number of benzene rings is 2. The Kier molecular flexibility index (Phi) is 4.49. The van der Waals surface area contributed by atoms with E-state index in [9.17, 15) is 0 Å². The smallest absolute Gasteiger partial charge is 0.191 e. The molecule has 1 aliphatic carbocycles. The van der Waals surface area contributed by atoms with E-state index in [4.69, 9.17) is 9.47 Å². The number of hydrogen-bond donors (Lipinski definition) is 0. The third-order valence-corrected chi connectivity index (χ3v) is 5.94. The summed E-state index contributed by atoms with van der Waals surface area (Å²) in [5.74, 6) is 4.11. The van der Waals surface area contributed by atoms with Gasteiger partial charge in [0.15, 0.2) is 16.7 Å². The van der Waals surface area contributed by atoms with Gasteiger partial charge in [-0.15, -0.1) is 10.2 Å². The highest BCUT2D eigenvalue weighted by atomic mass is 32.2. The topological polar surface area (TPSA) is 49.2 Å². The number of para-hydroxylation sites is 2. The van der Waals surface area contributed by atoms with Crippen LogP contribution in [0.25, 0.3) is 0 Å². The molecular weight excluding hydrogens is 358 g/mol. The van der Waals surface area contributed by atoms with Crippen LogP contribution in [0.1, 0.15) is 30.1 Å². The molecule has 3 aromatic rings. The van der Waals surface area contributed by atoms with E-state index in [1.54, 1.807) is 11.8 Å². The van der Waals surface area contributed by atoms with Crippen molar-refractivity contribution >= 4 is 11.8 Å². The van der Waals surface area contributed by atoms with Crippen molar-refractivity contribution < 1.29 is 9.47 Å². The van der Waals surface area contributed by atoms with Crippen LogP contribution in [0.2, 0.25) is 0 Å². The third-order valence-electron chi connectivity index (χ3n) is 4.84. The molecule has 5 nitrogen and oxygen atoms in total. The lowest BCUT2D eigenvalue weighted by atomic mass is 10.2. The van der Waals surface area contributed by atoms with Crippen LogP contribution in [0, 0.1) is 0 Å². The molecule has 0 bridgehead atoms. The molecule has 0 unspecified atom stereocenters. The first-order valence-electron chi connectivity index (χ1n) is 9.35. The monoisotopic (exact) mass is 379 g/mol. The van der Waals surface area contributed by atoms with Crippen molar-refractivity contribution in [2.75, 3.05) is 12.4 Å². The molecule has 138 valence electrons. The normalized spacial score (nSPS) is 18.4. The predicted octanol–water partition coefficient (Wildman–Crippen LogP) is 4.14. The molecule has 0 radical (unpaired) electrons. The van der Waals surface area contributed by atoms with Crippen LogP contribution in [0.4, 0.5) is 0 Å². The minimum absolute atomic E-state index is 0.0103. The van der Waals surface area contributed by atoms with Gasteiger partial charge < -0.3 is 14.0 Å². The van der Waals surface area contributed by atoms with E-state index in [-0.39, 0.29) is 6.10 Å². The highest BCUT2D eigenvalue weighted by molar-refractivity contribution is 7.99. The third kappa shape index (κ3) is 3.67. The summed E-state index contributed by atoms with van der Waals surface area (Å²) in [6.07, 6.45) is 2.44. The van der Waals surface area contributed by atoms with Crippen LogP contribution >= 0.6 is 11.8 Å². The van der Waals surface area contributed by atoms with Gasteiger partial charge in [0.2, 0.25) is 0 Å². The quantitative estimate of drug-likeness (QED) is 0.603. The number of ether oxygens (including phenoxy) is 2. The van der Waals surface area contributed by atoms with Gasteiger partial charge in [-0.05, 0) is 30.5 Å². The lowest BCUT2D eigenvalue weighted by Gasteiger charge is -2.26. The maximum Gasteiger partial charge on any atom is 0.191 e. The van der Waals surface area contributed by atoms with Gasteiger partial charge in [-0.2, -0.15) is 0 Å². The minimum atomic E-state index is 0.0103. The zero-order valence-corrected chi connectivity index (χ0v) is 15.8. The predicted molar refractivity (Wildman–Crippen MR) is 105 cm³/mol. The van der Waals surface area contributed by atoms with E-state index >= 15 is 0 Å². The first-order valence-corrected chi connectivity index (χ1v) is 10.3. The first kappa shape index (κ1) is 16.7. The number of rotatable bonds is 6. The zero-order chi connectivity index (χ0) is 18.1. The van der Waals surface area contributed by atoms with Crippen molar-refractivity contribution in [3.8, 4) is 11.5 Å². The second kappa shape index (κ2) is 7.27. The summed E-state index contributed by atoms with van der Waals surface area (Å²) in [4.78, 5) is 0. The number of nitrogens with zero attached hydrogens (tertiary/aromatic N) is 3. The van der Waals surface area contributed by atoms with Crippen LogP contribution in [0.5, 0.6) is 11.5 Å². The van der Waals surface area contributed by atoms with E-state index in [1.807, 2.05) is 30.3 Å². The van der Waals surface area contributed by atoms with Gasteiger partial charge in [-0.1, -0.05) is 54.2 Å². The van der Waals surface area contributed by atoms with Crippen LogP contribution in [-0.4, -0.2) is 33.2 Å². The van der Waals surface area contributed by atoms with E-state index in [0.29, 0.717) is 12.5 Å². The lowest BCUT2D eigenvalue weighted by Crippen LogP contribution is -2.31. The van der Waals surface area contributed by atoms with Gasteiger partial charge in [-0.3, -0.25) is 0 Å². The Hall–Kier alpha value is -2.47. The number of thioether (sulfide) groups is 1. The molecule has 27 heavy (non-hydrogen) atoms. The largest absolute Gasteiger partial charge is 0.486 e. The molecule has 1 fully saturated rings. The summed E-state index contributed by atoms with van der Waals surface area (Å²) < 4.78 is 14.2. The molecule has 0 spiro atoms. The van der Waals surface area contributed by atoms with Gasteiger partial charge in [0.1, 0.15) is 18.5 Å². The number of aromatic nitrogens is 3. The molecule has 2 aromatic carbocycles. The Balaban J connectivity index is 1.30. The number of hydrogen-bond acceptors (Lipinski definition) is 5. The van der Waals surface area contributed by atoms with E-state index < -0.39 is 0 Å². The van der Waals surface area contributed by atoms with Crippen LogP contribution in [-0.2, 0) is 6.54 Å². The average molecular weight is 379 g/mol. The van der Waals surface area contributed by atoms with Crippen molar-refractivity contribution in [1.29, 1.82) is 0 Å². The van der Waals surface area contributed by atoms with Gasteiger partial charge in [0.25, 0.3) is 0 Å². The summed E-state index contributed by atoms with van der Waals surface area (Å²) in [6, 6.07) is 18.3. The lowest BCUT2D eigenvalue weighted by molar-refractivity contribution is 0.107. The Morgan fingerprint density at radius 2 is 1.74 bits per heavy atom. The molecule has 2 heterocycles. The van der Waals surface area contributed by atoms with Gasteiger partial charge >= 0.3 is 0 Å². The van der Waals surface area contributed by atoms with Gasteiger partial charge in [0, 0.05) is 11.7 Å². The van der Waals surface area contributed by atoms with Crippen molar-refractivity contribution in [2.45, 2.75) is 36.6 Å². The Morgan fingerprint density at radius 3 is 2.56 bits per heavy atom. The van der Waals surface area contributed by atoms with Crippen molar-refractivity contribution in [1.82, 2.24) is 14.8 Å². The highest BCUT2D eigenvalue weighted by Crippen LogP contribution is 2.40. The fourth-order valence-electron chi connectivity index (χ4n) is 3.28. The average Bonchev–Trinajstić information content (AvgIpc) is 3.49. The summed E-state index contributed by atoms with van der Waals surface area (Å²) in [5, 5.41) is 9.94. The molecule has 1 saturated carbocycles. The Bertz CT molecular complexity index is 924. The summed E-state index contributed by atoms with van der Waals surface area (Å²) in [6.45, 7) is 1.37. The SMILES string of the molecule is c1ccc(Cn2c(SC[C@H]3COc4ccccc4O3)nnc2C2CC2)cc1. The molecule has 1 aliphatic heterocycles. The first-order chi connectivity index (χ1) is 13.4. The van der Waals surface area contributed by atoms with Gasteiger partial charge in [-0.25, -0.2) is 0 Å². The molecule has 1 aromatic heterocycles. The molecular formula is C21H21N3O2S. The second-order valence-corrected chi connectivity index (χ2v) is 7.98. The van der Waals surface area contributed by atoms with Crippen molar-refractivity contribution in [3.63, 3.8) is 0 Å². The van der Waals surface area contributed by atoms with Crippen molar-refractivity contribution in [2.24, 2.45) is 0 Å². The zero-order valence-electron chi connectivity index (χ0n) is 15.0. The van der Waals surface area contributed by atoms with E-state index in [1.165, 1.54) is 18.4 Å². The molecule has 2 aliphatic rings. The Morgan fingerprint density at radius 1 is 0.963 bits per heavy atom. The van der Waals surface area contributed by atoms with Crippen LogP contribution < -0.4 is 9.47 Å². The second-order valence-electron chi connectivity index (χ2n) is 7.00. The fraction of sp³-hybridized carbons (Fsp3) is 0.333. The molecule has 0 N–H and O–H groups in total. The van der Waals surface area contributed by atoms with Gasteiger partial charge in [0.05, 0.1) is 6.54 Å².